The number of azide groups is 1. The first-order valence-corrected chi connectivity index (χ1v) is 5.93. The third-order valence-electron chi connectivity index (χ3n) is 1.58. The molecule has 76 valence electrons. The van der Waals surface area contributed by atoms with Crippen LogP contribution in [0.2, 0.25) is 6.04 Å². The van der Waals surface area contributed by atoms with Crippen molar-refractivity contribution in [1.29, 1.82) is 0 Å². The normalized spacial score (nSPS) is 11.0. The van der Waals surface area contributed by atoms with Gasteiger partial charge in [0, 0.05) is 25.2 Å². The van der Waals surface area contributed by atoms with Gasteiger partial charge in [-0.15, -0.1) is 0 Å². The fourth-order valence-electron chi connectivity index (χ4n) is 0.937. The predicted octanol–water partition coefficient (Wildman–Crippen LogP) is 1.91. The third-order valence-corrected chi connectivity index (χ3v) is 4.51. The molecule has 0 saturated carbocycles. The summed E-state index contributed by atoms with van der Waals surface area (Å²) in [6.07, 6.45) is 0.907. The minimum Gasteiger partial charge on any atom is -0.377 e. The van der Waals surface area contributed by atoms with Crippen molar-refractivity contribution in [3.8, 4) is 0 Å². The predicted molar refractivity (Wildman–Crippen MR) is 50.0 cm³/mol. The van der Waals surface area contributed by atoms with Gasteiger partial charge in [-0.3, -0.25) is 0 Å². The molecule has 0 radical (unpaired) electrons. The van der Waals surface area contributed by atoms with Gasteiger partial charge in [-0.2, -0.15) is 0 Å². The summed E-state index contributed by atoms with van der Waals surface area (Å²) in [7, 11) is 0.541. The minimum absolute atomic E-state index is 0.0373. The van der Waals surface area contributed by atoms with Crippen LogP contribution in [0.1, 0.15) is 13.3 Å². The quantitative estimate of drug-likeness (QED) is 0.276. The van der Waals surface area contributed by atoms with E-state index in [1.54, 1.807) is 14.2 Å². The molecule has 0 atom stereocenters. The number of nitrogens with zero attached hydrogens (tertiary/aromatic N) is 3. The van der Waals surface area contributed by atoms with E-state index >= 15 is 0 Å². The highest BCUT2D eigenvalue weighted by molar-refractivity contribution is 6.60. The van der Waals surface area contributed by atoms with Gasteiger partial charge in [-0.05, 0) is 5.53 Å². The van der Waals surface area contributed by atoms with E-state index in [0.29, 0.717) is 0 Å². The van der Waals surface area contributed by atoms with Crippen LogP contribution in [-0.4, -0.2) is 29.8 Å². The number of hydrogen-bond acceptors (Lipinski definition) is 4. The summed E-state index contributed by atoms with van der Waals surface area (Å²) in [6, 6.07) is 0.723. The summed E-state index contributed by atoms with van der Waals surface area (Å²) in [5, 5.41) is 3.27. The number of hydrogen-bond donors (Lipinski definition) is 0. The molecule has 13 heavy (non-hydrogen) atoms. The topological polar surface area (TPSA) is 76.5 Å². The van der Waals surface area contributed by atoms with Crippen molar-refractivity contribution < 1.29 is 13.3 Å². The average molecular weight is 205 g/mol. The third kappa shape index (κ3) is 4.25. The maximum Gasteiger partial charge on any atom is 0.500 e. The molecule has 0 heterocycles. The van der Waals surface area contributed by atoms with Gasteiger partial charge >= 0.3 is 8.80 Å². The lowest BCUT2D eigenvalue weighted by molar-refractivity contribution is 0.101. The molecule has 7 heteroatoms. The van der Waals surface area contributed by atoms with Gasteiger partial charge in [0.2, 0.25) is 0 Å². The molecule has 0 aliphatic rings. The van der Waals surface area contributed by atoms with Gasteiger partial charge < -0.3 is 13.3 Å². The first-order valence-electron chi connectivity index (χ1n) is 3.99. The highest BCUT2D eigenvalue weighted by Crippen LogP contribution is 2.15. The molecule has 0 aliphatic heterocycles. The summed E-state index contributed by atoms with van der Waals surface area (Å²) in [5.74, 6) is 0. The highest BCUT2D eigenvalue weighted by atomic mass is 28.4. The zero-order valence-electron chi connectivity index (χ0n) is 8.19. The summed E-state index contributed by atoms with van der Waals surface area (Å²) in [6.45, 7) is 1.97. The molecule has 0 unspecified atom stereocenters. The van der Waals surface area contributed by atoms with Gasteiger partial charge in [0.1, 0.15) is 6.73 Å². The molecule has 0 N–H and O–H groups in total. The Balaban J connectivity index is 4.11. The van der Waals surface area contributed by atoms with Crippen LogP contribution in [0, 0.1) is 0 Å². The second-order valence-electron chi connectivity index (χ2n) is 2.35. The Morgan fingerprint density at radius 1 is 1.38 bits per heavy atom. The molecule has 0 amide bonds. The molecule has 0 rings (SSSR count). The molecule has 0 saturated heterocycles. The molecule has 0 bridgehead atoms. The molecule has 0 fully saturated rings. The van der Waals surface area contributed by atoms with E-state index < -0.39 is 8.80 Å². The summed E-state index contributed by atoms with van der Waals surface area (Å²) in [4.78, 5) is 2.58. The van der Waals surface area contributed by atoms with E-state index in [4.69, 9.17) is 18.8 Å². The Hall–Kier alpha value is -0.593. The lowest BCUT2D eigenvalue weighted by Gasteiger charge is -2.24. The van der Waals surface area contributed by atoms with Crippen LogP contribution in [0.15, 0.2) is 5.11 Å². The van der Waals surface area contributed by atoms with Crippen LogP contribution in [0.3, 0.4) is 0 Å². The lowest BCUT2D eigenvalue weighted by Crippen LogP contribution is -2.43. The smallest absolute Gasteiger partial charge is 0.377 e. The van der Waals surface area contributed by atoms with E-state index in [2.05, 4.69) is 10.0 Å². The first kappa shape index (κ1) is 12.4. The van der Waals surface area contributed by atoms with Crippen molar-refractivity contribution in [1.82, 2.24) is 0 Å². The standard InChI is InChI=1S/C6H15N3O3Si/c1-4-5-13(10-2,11-3)12-6-8-9-7/h4-6H2,1-3H3. The van der Waals surface area contributed by atoms with Crippen molar-refractivity contribution >= 4 is 8.80 Å². The Morgan fingerprint density at radius 3 is 2.38 bits per heavy atom. The molecule has 0 aromatic carbocycles. The van der Waals surface area contributed by atoms with Crippen LogP contribution < -0.4 is 0 Å². The zero-order valence-corrected chi connectivity index (χ0v) is 9.19. The minimum atomic E-state index is -2.55. The summed E-state index contributed by atoms with van der Waals surface area (Å²) >= 11 is 0. The van der Waals surface area contributed by atoms with Crippen LogP contribution in [-0.2, 0) is 13.3 Å². The van der Waals surface area contributed by atoms with Crippen molar-refractivity contribution in [2.75, 3.05) is 21.0 Å². The van der Waals surface area contributed by atoms with Gasteiger partial charge in [0.05, 0.1) is 0 Å². The molecule has 0 spiro atoms. The van der Waals surface area contributed by atoms with E-state index in [0.717, 1.165) is 12.5 Å². The molecular weight excluding hydrogens is 190 g/mol. The van der Waals surface area contributed by atoms with Crippen LogP contribution in [0.4, 0.5) is 0 Å². The van der Waals surface area contributed by atoms with E-state index in [1.807, 2.05) is 6.92 Å². The average Bonchev–Trinajstić information content (AvgIpc) is 2.17. The SMILES string of the molecule is CCC[Si](OC)(OC)OCN=[N+]=[N-]. The first-order chi connectivity index (χ1) is 6.24. The largest absolute Gasteiger partial charge is 0.500 e. The lowest BCUT2D eigenvalue weighted by atomic mass is 10.6. The monoisotopic (exact) mass is 205 g/mol. The Morgan fingerprint density at radius 2 is 2.00 bits per heavy atom. The van der Waals surface area contributed by atoms with Crippen LogP contribution in [0.25, 0.3) is 10.4 Å². The zero-order chi connectivity index (χ0) is 10.2. The van der Waals surface area contributed by atoms with Crippen molar-refractivity contribution in [2.24, 2.45) is 5.11 Å². The van der Waals surface area contributed by atoms with Crippen LogP contribution in [0.5, 0.6) is 0 Å². The molecule has 0 aromatic rings. The second kappa shape index (κ2) is 6.87. The van der Waals surface area contributed by atoms with E-state index in [9.17, 15) is 0 Å². The van der Waals surface area contributed by atoms with Gasteiger partial charge in [-0.25, -0.2) is 0 Å². The van der Waals surface area contributed by atoms with Gasteiger partial charge in [0.15, 0.2) is 0 Å². The Kier molecular flexibility index (Phi) is 6.56. The molecule has 6 nitrogen and oxygen atoms in total. The Labute approximate surface area is 78.8 Å². The maximum atomic E-state index is 8.05. The fraction of sp³-hybridized carbons (Fsp3) is 1.00. The second-order valence-corrected chi connectivity index (χ2v) is 5.32. The Bertz CT molecular complexity index is 180. The van der Waals surface area contributed by atoms with Crippen molar-refractivity contribution in [2.45, 2.75) is 19.4 Å². The van der Waals surface area contributed by atoms with Crippen molar-refractivity contribution in [3.63, 3.8) is 0 Å². The molecule has 0 aromatic heterocycles. The van der Waals surface area contributed by atoms with E-state index in [1.165, 1.54) is 0 Å². The summed E-state index contributed by atoms with van der Waals surface area (Å²) < 4.78 is 15.7. The van der Waals surface area contributed by atoms with Gasteiger partial charge in [0.25, 0.3) is 0 Å². The molecule has 0 aliphatic carbocycles. The maximum absolute atomic E-state index is 8.05. The number of rotatable bonds is 7. The molecular formula is C6H15N3O3Si. The van der Waals surface area contributed by atoms with Crippen molar-refractivity contribution in [3.05, 3.63) is 10.4 Å². The fourth-order valence-corrected chi connectivity index (χ4v) is 2.76. The van der Waals surface area contributed by atoms with Gasteiger partial charge in [-0.1, -0.05) is 18.5 Å². The highest BCUT2D eigenvalue weighted by Gasteiger charge is 2.37. The summed E-state index contributed by atoms with van der Waals surface area (Å²) in [5.41, 5.74) is 8.05. The van der Waals surface area contributed by atoms with Crippen LogP contribution >= 0.6 is 0 Å². The van der Waals surface area contributed by atoms with E-state index in [-0.39, 0.29) is 6.73 Å².